The highest BCUT2D eigenvalue weighted by molar-refractivity contribution is 5.95. The Hall–Kier alpha value is -2.02. The molecule has 0 heterocycles. The number of ether oxygens (including phenoxy) is 1. The van der Waals surface area contributed by atoms with E-state index in [0.717, 1.165) is 0 Å². The summed E-state index contributed by atoms with van der Waals surface area (Å²) < 4.78 is 4.95. The van der Waals surface area contributed by atoms with Crippen LogP contribution >= 0.6 is 0 Å². The Labute approximate surface area is 76.1 Å². The molecule has 0 bridgehead atoms. The summed E-state index contributed by atoms with van der Waals surface area (Å²) in [4.78, 5) is 0. The van der Waals surface area contributed by atoms with Crippen LogP contribution in [0.1, 0.15) is 11.1 Å². The van der Waals surface area contributed by atoms with Crippen molar-refractivity contribution in [2.75, 3.05) is 7.11 Å². The van der Waals surface area contributed by atoms with E-state index in [4.69, 9.17) is 21.1 Å². The van der Waals surface area contributed by atoms with Gasteiger partial charge in [-0.15, -0.1) is 0 Å². The van der Waals surface area contributed by atoms with Crippen LogP contribution in [0.2, 0.25) is 0 Å². The summed E-state index contributed by atoms with van der Waals surface area (Å²) >= 11 is 0. The third kappa shape index (κ3) is 1.76. The Balaban J connectivity index is 3.23. The van der Waals surface area contributed by atoms with Crippen LogP contribution < -0.4 is 10.5 Å². The lowest BCUT2D eigenvalue weighted by atomic mass is 10.1. The number of nitrogens with zero attached hydrogens (tertiary/aromatic N) is 1. The predicted octanol–water partition coefficient (Wildman–Crippen LogP) is 0.851. The van der Waals surface area contributed by atoms with Gasteiger partial charge in [0.25, 0.3) is 0 Å². The highest BCUT2D eigenvalue weighted by Crippen LogP contribution is 2.18. The van der Waals surface area contributed by atoms with Crippen LogP contribution in [0.25, 0.3) is 0 Å². The lowest BCUT2D eigenvalue weighted by molar-refractivity contribution is 0.413. The van der Waals surface area contributed by atoms with E-state index in [0.29, 0.717) is 16.9 Å². The molecule has 1 aromatic carbocycles. The number of nitrogen functional groups attached to an aromatic ring is 1. The molecule has 0 saturated carbocycles. The van der Waals surface area contributed by atoms with Gasteiger partial charge in [0.05, 0.1) is 12.7 Å². The molecule has 0 aliphatic carbocycles. The molecule has 4 nitrogen and oxygen atoms in total. The first-order valence-corrected chi connectivity index (χ1v) is 3.61. The largest absolute Gasteiger partial charge is 0.495 e. The molecule has 0 unspecified atom stereocenters. The topological polar surface area (TPSA) is 82.9 Å². The average molecular weight is 175 g/mol. The van der Waals surface area contributed by atoms with Gasteiger partial charge in [-0.1, -0.05) is 0 Å². The van der Waals surface area contributed by atoms with Gasteiger partial charge in [0.1, 0.15) is 17.7 Å². The summed E-state index contributed by atoms with van der Waals surface area (Å²) in [5, 5.41) is 15.8. The maximum Gasteiger partial charge on any atom is 0.137 e. The van der Waals surface area contributed by atoms with E-state index in [9.17, 15) is 0 Å². The van der Waals surface area contributed by atoms with E-state index in [1.165, 1.54) is 7.11 Å². The van der Waals surface area contributed by atoms with Crippen molar-refractivity contribution >= 4 is 5.84 Å². The molecule has 0 spiro atoms. The van der Waals surface area contributed by atoms with Crippen molar-refractivity contribution in [3.63, 3.8) is 0 Å². The van der Waals surface area contributed by atoms with E-state index >= 15 is 0 Å². The minimum Gasteiger partial charge on any atom is -0.495 e. The number of methoxy groups -OCH3 is 1. The quantitative estimate of drug-likeness (QED) is 0.516. The molecule has 0 saturated heterocycles. The van der Waals surface area contributed by atoms with Crippen LogP contribution in [0.15, 0.2) is 18.2 Å². The second-order valence-electron chi connectivity index (χ2n) is 2.44. The van der Waals surface area contributed by atoms with Gasteiger partial charge in [0, 0.05) is 5.56 Å². The molecule has 0 amide bonds. The molecule has 1 rings (SSSR count). The normalized spacial score (nSPS) is 8.92. The lowest BCUT2D eigenvalue weighted by Gasteiger charge is -2.04. The third-order valence-corrected chi connectivity index (χ3v) is 1.63. The maximum atomic E-state index is 8.66. The number of nitrogens with one attached hydrogen (secondary N) is 1. The Kier molecular flexibility index (Phi) is 2.50. The zero-order chi connectivity index (χ0) is 9.84. The molecule has 3 N–H and O–H groups in total. The van der Waals surface area contributed by atoms with E-state index in [1.807, 2.05) is 6.07 Å². The fraction of sp³-hybridized carbons (Fsp3) is 0.111. The molecule has 0 aliphatic heterocycles. The smallest absolute Gasteiger partial charge is 0.137 e. The van der Waals surface area contributed by atoms with Crippen molar-refractivity contribution in [2.45, 2.75) is 0 Å². The molecule has 0 aromatic heterocycles. The minimum atomic E-state index is -0.0391. The van der Waals surface area contributed by atoms with Gasteiger partial charge in [-0.3, -0.25) is 5.41 Å². The number of amidine groups is 1. The Bertz CT molecular complexity index is 379. The Morgan fingerprint density at radius 2 is 2.31 bits per heavy atom. The van der Waals surface area contributed by atoms with Gasteiger partial charge in [-0.2, -0.15) is 5.26 Å². The van der Waals surface area contributed by atoms with Gasteiger partial charge in [0.15, 0.2) is 0 Å². The molecule has 0 atom stereocenters. The van der Waals surface area contributed by atoms with Crippen molar-refractivity contribution in [2.24, 2.45) is 5.73 Å². The van der Waals surface area contributed by atoms with Crippen molar-refractivity contribution < 1.29 is 4.74 Å². The Morgan fingerprint density at radius 3 is 2.77 bits per heavy atom. The fourth-order valence-electron chi connectivity index (χ4n) is 0.951. The number of benzene rings is 1. The SMILES string of the molecule is COc1cc(C(=N)N)ccc1C#N. The van der Waals surface area contributed by atoms with Gasteiger partial charge in [-0.05, 0) is 18.2 Å². The number of rotatable bonds is 2. The van der Waals surface area contributed by atoms with Gasteiger partial charge in [0.2, 0.25) is 0 Å². The van der Waals surface area contributed by atoms with Crippen molar-refractivity contribution in [3.05, 3.63) is 29.3 Å². The molecule has 13 heavy (non-hydrogen) atoms. The van der Waals surface area contributed by atoms with Crippen molar-refractivity contribution in [1.29, 1.82) is 10.7 Å². The van der Waals surface area contributed by atoms with Crippen LogP contribution in [0.4, 0.5) is 0 Å². The monoisotopic (exact) mass is 175 g/mol. The zero-order valence-corrected chi connectivity index (χ0v) is 7.16. The second-order valence-corrected chi connectivity index (χ2v) is 2.44. The lowest BCUT2D eigenvalue weighted by Crippen LogP contribution is -2.11. The Morgan fingerprint density at radius 1 is 1.62 bits per heavy atom. The minimum absolute atomic E-state index is 0.0391. The zero-order valence-electron chi connectivity index (χ0n) is 7.16. The van der Waals surface area contributed by atoms with Gasteiger partial charge >= 0.3 is 0 Å². The summed E-state index contributed by atoms with van der Waals surface area (Å²) in [6.45, 7) is 0. The highest BCUT2D eigenvalue weighted by atomic mass is 16.5. The maximum absolute atomic E-state index is 8.66. The van der Waals surface area contributed by atoms with Crippen LogP contribution in [0, 0.1) is 16.7 Å². The van der Waals surface area contributed by atoms with Gasteiger partial charge < -0.3 is 10.5 Å². The predicted molar refractivity (Wildman–Crippen MR) is 48.7 cm³/mol. The number of hydrogen-bond acceptors (Lipinski definition) is 3. The van der Waals surface area contributed by atoms with Crippen LogP contribution in [-0.4, -0.2) is 12.9 Å². The van der Waals surface area contributed by atoms with Gasteiger partial charge in [-0.25, -0.2) is 0 Å². The van der Waals surface area contributed by atoms with E-state index in [2.05, 4.69) is 0 Å². The van der Waals surface area contributed by atoms with Crippen molar-refractivity contribution in [1.82, 2.24) is 0 Å². The third-order valence-electron chi connectivity index (χ3n) is 1.63. The molecule has 66 valence electrons. The molecular formula is C9H9N3O. The second kappa shape index (κ2) is 3.59. The number of nitriles is 1. The molecule has 4 heteroatoms. The summed E-state index contributed by atoms with van der Waals surface area (Å²) in [7, 11) is 1.47. The number of nitrogens with two attached hydrogens (primary N) is 1. The highest BCUT2D eigenvalue weighted by Gasteiger charge is 2.04. The van der Waals surface area contributed by atoms with E-state index in [-0.39, 0.29) is 5.84 Å². The first-order chi connectivity index (χ1) is 6.19. The molecular weight excluding hydrogens is 166 g/mol. The first kappa shape index (κ1) is 9.07. The van der Waals surface area contributed by atoms with Crippen LogP contribution in [0.3, 0.4) is 0 Å². The fourth-order valence-corrected chi connectivity index (χ4v) is 0.951. The number of hydrogen-bond donors (Lipinski definition) is 2. The molecule has 1 aromatic rings. The first-order valence-electron chi connectivity index (χ1n) is 3.61. The molecule has 0 radical (unpaired) electrons. The summed E-state index contributed by atoms with van der Waals surface area (Å²) in [5.74, 6) is 0.401. The average Bonchev–Trinajstić information content (AvgIpc) is 2.16. The standard InChI is InChI=1S/C9H9N3O/c1-13-8-4-6(9(11)12)2-3-7(8)5-10/h2-4H,1H3,(H3,11,12). The summed E-state index contributed by atoms with van der Waals surface area (Å²) in [6, 6.07) is 6.74. The van der Waals surface area contributed by atoms with E-state index < -0.39 is 0 Å². The molecule has 0 aliphatic rings. The van der Waals surface area contributed by atoms with Crippen molar-refractivity contribution in [3.8, 4) is 11.8 Å². The van der Waals surface area contributed by atoms with E-state index in [1.54, 1.807) is 18.2 Å². The molecule has 0 fully saturated rings. The van der Waals surface area contributed by atoms with Crippen LogP contribution in [0.5, 0.6) is 5.75 Å². The van der Waals surface area contributed by atoms with Crippen LogP contribution in [-0.2, 0) is 0 Å². The summed E-state index contributed by atoms with van der Waals surface area (Å²) in [5.41, 5.74) is 6.26. The summed E-state index contributed by atoms with van der Waals surface area (Å²) in [6.07, 6.45) is 0.